The molecule has 406 valence electrons. The van der Waals surface area contributed by atoms with Crippen LogP contribution in [-0.4, -0.2) is 36.4 Å². The highest BCUT2D eigenvalue weighted by molar-refractivity contribution is 5.70. The highest BCUT2D eigenvalue weighted by Gasteiger charge is 2.16. The van der Waals surface area contributed by atoms with Gasteiger partial charge in [-0.05, 0) is 77.0 Å². The maximum atomic E-state index is 12.2. The standard InChI is InChI=1S/C65H116O5/c1-3-5-7-9-11-13-15-17-19-21-22-23-24-25-26-27-28-29-30-31-32-33-34-35-36-37-38-39-40-41-42-44-45-47-49-51-53-55-57-59-64(67)69-62-63(61-66)70-65(68)60-58-56-54-52-50-48-46-43-20-18-16-14-12-10-8-6-4-2/h6,8,12,14,18,20-22,46,48,52,54,63,66H,3-5,7,9-11,13,15-17,19,23-45,47,49-51,53,55-62H2,1-2H3/b8-6-,14-12-,20-18-,22-21-,48-46-,54-52-. The number of esters is 2. The summed E-state index contributed by atoms with van der Waals surface area (Å²) in [5, 5.41) is 9.63. The molecular formula is C65H116O5. The fraction of sp³-hybridized carbons (Fsp3) is 0.785. The van der Waals surface area contributed by atoms with Crippen LogP contribution in [0.1, 0.15) is 309 Å². The molecule has 0 saturated carbocycles. The Morgan fingerprint density at radius 3 is 0.986 bits per heavy atom. The molecule has 0 heterocycles. The molecule has 0 fully saturated rings. The largest absolute Gasteiger partial charge is 0.462 e. The number of allylic oxidation sites excluding steroid dienone is 12. The molecule has 5 heteroatoms. The number of aliphatic hydroxyl groups excluding tert-OH is 1. The van der Waals surface area contributed by atoms with Gasteiger partial charge in [-0.25, -0.2) is 0 Å². The van der Waals surface area contributed by atoms with Gasteiger partial charge in [-0.2, -0.15) is 0 Å². The predicted octanol–water partition coefficient (Wildman–Crippen LogP) is 20.8. The summed E-state index contributed by atoms with van der Waals surface area (Å²) < 4.78 is 10.6. The second kappa shape index (κ2) is 60.6. The lowest BCUT2D eigenvalue weighted by Gasteiger charge is -2.15. The summed E-state index contributed by atoms with van der Waals surface area (Å²) in [5.74, 6) is -0.651. The molecule has 0 spiro atoms. The SMILES string of the molecule is CC/C=C\C/C=C\C/C=C\C/C=C\C/C=C\CCCC(=O)OC(CO)COC(=O)CCCCCCCCCCCCCCCCCCCCCCCCCCCCC/C=C\CCCCCCCCCC. The van der Waals surface area contributed by atoms with Crippen LogP contribution in [-0.2, 0) is 19.1 Å². The first-order valence-corrected chi connectivity index (χ1v) is 30.5. The van der Waals surface area contributed by atoms with E-state index in [1.165, 1.54) is 218 Å². The molecule has 0 rings (SSSR count). The van der Waals surface area contributed by atoms with Crippen molar-refractivity contribution in [2.24, 2.45) is 0 Å². The van der Waals surface area contributed by atoms with E-state index in [9.17, 15) is 14.7 Å². The van der Waals surface area contributed by atoms with E-state index >= 15 is 0 Å². The maximum Gasteiger partial charge on any atom is 0.306 e. The Morgan fingerprint density at radius 1 is 0.343 bits per heavy atom. The van der Waals surface area contributed by atoms with Crippen molar-refractivity contribution in [2.45, 2.75) is 315 Å². The first-order valence-electron chi connectivity index (χ1n) is 30.5. The molecule has 5 nitrogen and oxygen atoms in total. The molecule has 0 saturated heterocycles. The van der Waals surface area contributed by atoms with Crippen LogP contribution in [0.25, 0.3) is 0 Å². The van der Waals surface area contributed by atoms with Crippen molar-refractivity contribution in [1.29, 1.82) is 0 Å². The number of unbranched alkanes of at least 4 members (excludes halogenated alkanes) is 36. The van der Waals surface area contributed by atoms with Gasteiger partial charge in [0.25, 0.3) is 0 Å². The topological polar surface area (TPSA) is 72.8 Å². The van der Waals surface area contributed by atoms with Gasteiger partial charge in [0.1, 0.15) is 6.61 Å². The summed E-state index contributed by atoms with van der Waals surface area (Å²) in [6.07, 6.45) is 83.6. The van der Waals surface area contributed by atoms with E-state index in [0.29, 0.717) is 12.8 Å². The van der Waals surface area contributed by atoms with Gasteiger partial charge in [-0.15, -0.1) is 0 Å². The summed E-state index contributed by atoms with van der Waals surface area (Å²) in [6.45, 7) is 4.00. The molecule has 1 unspecified atom stereocenters. The predicted molar refractivity (Wildman–Crippen MR) is 306 cm³/mol. The van der Waals surface area contributed by atoms with Crippen molar-refractivity contribution in [3.63, 3.8) is 0 Å². The monoisotopic (exact) mass is 977 g/mol. The van der Waals surface area contributed by atoms with Crippen LogP contribution in [0, 0.1) is 0 Å². The lowest BCUT2D eigenvalue weighted by atomic mass is 10.0. The lowest BCUT2D eigenvalue weighted by molar-refractivity contribution is -0.161. The van der Waals surface area contributed by atoms with E-state index in [-0.39, 0.29) is 31.6 Å². The minimum absolute atomic E-state index is 0.0886. The van der Waals surface area contributed by atoms with Crippen molar-refractivity contribution >= 4 is 11.9 Å². The van der Waals surface area contributed by atoms with Gasteiger partial charge in [0.05, 0.1) is 6.61 Å². The summed E-state index contributed by atoms with van der Waals surface area (Å²) in [5.41, 5.74) is 0. The van der Waals surface area contributed by atoms with Crippen molar-refractivity contribution in [3.8, 4) is 0 Å². The van der Waals surface area contributed by atoms with Crippen molar-refractivity contribution in [3.05, 3.63) is 72.9 Å². The first-order chi connectivity index (χ1) is 34.6. The number of carbonyl (C=O) groups excluding carboxylic acids is 2. The Balaban J connectivity index is 3.41. The molecule has 0 bridgehead atoms. The molecule has 1 N–H and O–H groups in total. The third kappa shape index (κ3) is 57.9. The molecule has 0 aliphatic heterocycles. The summed E-state index contributed by atoms with van der Waals surface area (Å²) in [7, 11) is 0. The third-order valence-electron chi connectivity index (χ3n) is 13.5. The fourth-order valence-electron chi connectivity index (χ4n) is 8.94. The van der Waals surface area contributed by atoms with Crippen molar-refractivity contribution in [1.82, 2.24) is 0 Å². The molecule has 0 aromatic carbocycles. The smallest absolute Gasteiger partial charge is 0.306 e. The van der Waals surface area contributed by atoms with Crippen LogP contribution in [0.4, 0.5) is 0 Å². The van der Waals surface area contributed by atoms with Crippen LogP contribution < -0.4 is 0 Å². The quantitative estimate of drug-likeness (QED) is 0.0373. The zero-order valence-electron chi connectivity index (χ0n) is 46.5. The second-order valence-corrected chi connectivity index (χ2v) is 20.4. The van der Waals surface area contributed by atoms with Gasteiger partial charge >= 0.3 is 11.9 Å². The van der Waals surface area contributed by atoms with Gasteiger partial charge in [0.2, 0.25) is 0 Å². The molecule has 0 aromatic heterocycles. The average molecular weight is 978 g/mol. The van der Waals surface area contributed by atoms with Crippen LogP contribution in [0.3, 0.4) is 0 Å². The van der Waals surface area contributed by atoms with Crippen LogP contribution in [0.2, 0.25) is 0 Å². The fourth-order valence-corrected chi connectivity index (χ4v) is 8.94. The molecule has 0 aromatic rings. The second-order valence-electron chi connectivity index (χ2n) is 20.4. The van der Waals surface area contributed by atoms with Gasteiger partial charge in [0.15, 0.2) is 6.10 Å². The lowest BCUT2D eigenvalue weighted by Crippen LogP contribution is -2.28. The van der Waals surface area contributed by atoms with Gasteiger partial charge in [-0.3, -0.25) is 9.59 Å². The average Bonchev–Trinajstić information content (AvgIpc) is 3.36. The van der Waals surface area contributed by atoms with E-state index < -0.39 is 6.10 Å². The Labute approximate surface area is 435 Å². The molecular weight excluding hydrogens is 861 g/mol. The third-order valence-corrected chi connectivity index (χ3v) is 13.5. The number of hydrogen-bond acceptors (Lipinski definition) is 5. The number of rotatable bonds is 56. The number of aliphatic hydroxyl groups is 1. The van der Waals surface area contributed by atoms with Gasteiger partial charge in [0, 0.05) is 12.8 Å². The molecule has 0 aliphatic rings. The normalized spacial score (nSPS) is 12.7. The minimum atomic E-state index is -0.804. The van der Waals surface area contributed by atoms with Crippen molar-refractivity contribution in [2.75, 3.05) is 13.2 Å². The minimum Gasteiger partial charge on any atom is -0.462 e. The zero-order chi connectivity index (χ0) is 50.6. The highest BCUT2D eigenvalue weighted by Crippen LogP contribution is 2.17. The van der Waals surface area contributed by atoms with E-state index in [0.717, 1.165) is 57.8 Å². The number of hydrogen-bond donors (Lipinski definition) is 1. The summed E-state index contributed by atoms with van der Waals surface area (Å²) >= 11 is 0. The van der Waals surface area contributed by atoms with E-state index in [4.69, 9.17) is 9.47 Å². The van der Waals surface area contributed by atoms with Crippen LogP contribution >= 0.6 is 0 Å². The molecule has 0 amide bonds. The summed E-state index contributed by atoms with van der Waals surface area (Å²) in [4.78, 5) is 24.5. The Morgan fingerprint density at radius 2 is 0.629 bits per heavy atom. The van der Waals surface area contributed by atoms with Crippen molar-refractivity contribution < 1.29 is 24.2 Å². The Bertz CT molecular complexity index is 1240. The molecule has 70 heavy (non-hydrogen) atoms. The Hall–Kier alpha value is -2.66. The molecule has 0 aliphatic carbocycles. The number of carbonyl (C=O) groups is 2. The maximum absolute atomic E-state index is 12.2. The summed E-state index contributed by atoms with van der Waals surface area (Å²) in [6, 6.07) is 0. The van der Waals surface area contributed by atoms with Gasteiger partial charge in [-0.1, -0.05) is 292 Å². The molecule has 1 atom stereocenters. The zero-order valence-corrected chi connectivity index (χ0v) is 46.5. The van der Waals surface area contributed by atoms with E-state index in [2.05, 4.69) is 86.8 Å². The first kappa shape index (κ1) is 67.3. The van der Waals surface area contributed by atoms with E-state index in [1.54, 1.807) is 0 Å². The van der Waals surface area contributed by atoms with Crippen LogP contribution in [0.5, 0.6) is 0 Å². The highest BCUT2D eigenvalue weighted by atomic mass is 16.6. The van der Waals surface area contributed by atoms with Gasteiger partial charge < -0.3 is 14.6 Å². The Kier molecular flexibility index (Phi) is 58.3. The molecule has 0 radical (unpaired) electrons. The van der Waals surface area contributed by atoms with Crippen LogP contribution in [0.15, 0.2) is 72.9 Å². The number of ether oxygens (including phenoxy) is 2. The van der Waals surface area contributed by atoms with E-state index in [1.807, 2.05) is 0 Å².